The zero-order valence-corrected chi connectivity index (χ0v) is 16.6. The molecule has 1 aliphatic carbocycles. The quantitative estimate of drug-likeness (QED) is 0.655. The van der Waals surface area contributed by atoms with Crippen LogP contribution < -0.4 is 9.80 Å². The van der Waals surface area contributed by atoms with E-state index in [9.17, 15) is 4.39 Å². The lowest BCUT2D eigenvalue weighted by Gasteiger charge is -2.36. The molecule has 1 atom stereocenters. The van der Waals surface area contributed by atoms with E-state index >= 15 is 0 Å². The second-order valence-electron chi connectivity index (χ2n) is 8.01. The molecule has 1 saturated carbocycles. The zero-order valence-electron chi connectivity index (χ0n) is 16.6. The van der Waals surface area contributed by atoms with Crippen molar-refractivity contribution in [2.75, 3.05) is 39.9 Å². The Morgan fingerprint density at radius 3 is 2.64 bits per heavy atom. The minimum atomic E-state index is -0.196. The van der Waals surface area contributed by atoms with Crippen LogP contribution in [0.3, 0.4) is 0 Å². The number of rotatable bonds is 7. The molecule has 2 heterocycles. The number of benzene rings is 1. The third kappa shape index (κ3) is 4.09. The van der Waals surface area contributed by atoms with Crippen molar-refractivity contribution in [3.05, 3.63) is 41.5 Å². The monoisotopic (exact) mass is 390 g/mol. The molecule has 0 bridgehead atoms. The van der Waals surface area contributed by atoms with E-state index in [2.05, 4.69) is 15.5 Å². The molecule has 1 aromatic carbocycles. The van der Waals surface area contributed by atoms with E-state index in [-0.39, 0.29) is 11.9 Å². The maximum atomic E-state index is 14.8. The summed E-state index contributed by atoms with van der Waals surface area (Å²) in [7, 11) is 1.66. The molecule has 152 valence electrons. The first-order valence-corrected chi connectivity index (χ1v) is 10.5. The number of ether oxygens (including phenoxy) is 1. The summed E-state index contributed by atoms with van der Waals surface area (Å²) in [6, 6.07) is 7.66. The smallest absolute Gasteiger partial charge is 0.214 e. The predicted octanol–water partition coefficient (Wildman–Crippen LogP) is -0.726. The van der Waals surface area contributed by atoms with Crippen LogP contribution in [-0.2, 0) is 11.3 Å². The van der Waals surface area contributed by atoms with Gasteiger partial charge in [-0.3, -0.25) is 0 Å². The highest BCUT2D eigenvalue weighted by Gasteiger charge is 2.39. The van der Waals surface area contributed by atoms with Crippen LogP contribution in [0.2, 0.25) is 0 Å². The van der Waals surface area contributed by atoms with E-state index in [4.69, 9.17) is 4.74 Å². The molecule has 1 saturated heterocycles. The standard InChI is InChI=1S/C20H29FN6O/c1-28-15-14-27-20(22-23-24-27)19(17-8-4-5-9-18(17)21)26-12-10-25(11-13-26)16-6-2-3-7-16/h4-5,8-9,16,19H,2-3,6-7,10-15H2,1H3/p+2/t19-/m1/s1. The highest BCUT2D eigenvalue weighted by molar-refractivity contribution is 5.24. The van der Waals surface area contributed by atoms with E-state index in [0.717, 1.165) is 38.0 Å². The number of halogens is 1. The van der Waals surface area contributed by atoms with Gasteiger partial charge in [-0.1, -0.05) is 12.1 Å². The summed E-state index contributed by atoms with van der Waals surface area (Å²) in [5.41, 5.74) is 0.676. The first-order chi connectivity index (χ1) is 13.8. The molecule has 8 heteroatoms. The van der Waals surface area contributed by atoms with Crippen LogP contribution in [0.5, 0.6) is 0 Å². The van der Waals surface area contributed by atoms with Crippen molar-refractivity contribution in [2.45, 2.75) is 44.3 Å². The van der Waals surface area contributed by atoms with Gasteiger partial charge in [-0.2, -0.15) is 0 Å². The SMILES string of the molecule is COCCn1nnnc1[C@@H](c1ccccc1F)[NH+]1CC[NH+](C2CCCC2)CC1. The molecule has 28 heavy (non-hydrogen) atoms. The molecular formula is C20H31FN6O+2. The lowest BCUT2D eigenvalue weighted by Crippen LogP contribution is -3.29. The highest BCUT2D eigenvalue weighted by atomic mass is 19.1. The summed E-state index contributed by atoms with van der Waals surface area (Å²) in [6.07, 6.45) is 5.46. The summed E-state index contributed by atoms with van der Waals surface area (Å²) < 4.78 is 21.7. The Morgan fingerprint density at radius 1 is 1.18 bits per heavy atom. The molecule has 0 radical (unpaired) electrons. The van der Waals surface area contributed by atoms with Crippen molar-refractivity contribution < 1.29 is 18.9 Å². The van der Waals surface area contributed by atoms with Gasteiger partial charge in [-0.05, 0) is 48.2 Å². The fraction of sp³-hybridized carbons (Fsp3) is 0.650. The van der Waals surface area contributed by atoms with E-state index in [1.54, 1.807) is 22.8 Å². The third-order valence-corrected chi connectivity index (χ3v) is 6.42. The first-order valence-electron chi connectivity index (χ1n) is 10.5. The predicted molar refractivity (Wildman–Crippen MR) is 102 cm³/mol. The normalized spacial score (nSPS) is 24.5. The van der Waals surface area contributed by atoms with Gasteiger partial charge in [0.25, 0.3) is 0 Å². The van der Waals surface area contributed by atoms with Crippen LogP contribution >= 0.6 is 0 Å². The van der Waals surface area contributed by atoms with Crippen molar-refractivity contribution in [1.82, 2.24) is 20.2 Å². The van der Waals surface area contributed by atoms with E-state index in [1.165, 1.54) is 36.6 Å². The number of tetrazole rings is 1. The number of quaternary nitrogens is 2. The number of nitrogens with one attached hydrogen (secondary N) is 2. The maximum absolute atomic E-state index is 14.8. The van der Waals surface area contributed by atoms with Crippen molar-refractivity contribution in [1.29, 1.82) is 0 Å². The highest BCUT2D eigenvalue weighted by Crippen LogP contribution is 2.20. The molecule has 2 aliphatic rings. The van der Waals surface area contributed by atoms with Gasteiger partial charge in [0.2, 0.25) is 5.82 Å². The zero-order chi connectivity index (χ0) is 19.3. The summed E-state index contributed by atoms with van der Waals surface area (Å²) in [5, 5.41) is 12.3. The Kier molecular flexibility index (Phi) is 6.29. The molecule has 0 unspecified atom stereocenters. The number of hydrogen-bond donors (Lipinski definition) is 2. The third-order valence-electron chi connectivity index (χ3n) is 6.42. The van der Waals surface area contributed by atoms with Gasteiger partial charge in [-0.15, -0.1) is 5.10 Å². The molecule has 2 fully saturated rings. The van der Waals surface area contributed by atoms with Crippen LogP contribution in [0, 0.1) is 5.82 Å². The molecule has 2 aromatic rings. The van der Waals surface area contributed by atoms with Crippen LogP contribution in [0.4, 0.5) is 4.39 Å². The molecule has 2 N–H and O–H groups in total. The summed E-state index contributed by atoms with van der Waals surface area (Å²) >= 11 is 0. The summed E-state index contributed by atoms with van der Waals surface area (Å²) in [5.74, 6) is 0.535. The van der Waals surface area contributed by atoms with Crippen molar-refractivity contribution >= 4 is 0 Å². The Balaban J connectivity index is 1.58. The first kappa shape index (κ1) is 19.4. The summed E-state index contributed by atoms with van der Waals surface area (Å²) in [6.45, 7) is 5.35. The largest absolute Gasteiger partial charge is 0.383 e. The molecule has 0 spiro atoms. The van der Waals surface area contributed by atoms with Gasteiger partial charge in [0.05, 0.1) is 24.8 Å². The van der Waals surface area contributed by atoms with Gasteiger partial charge >= 0.3 is 0 Å². The van der Waals surface area contributed by atoms with E-state index in [1.807, 2.05) is 12.1 Å². The lowest BCUT2D eigenvalue weighted by atomic mass is 10.0. The van der Waals surface area contributed by atoms with Crippen molar-refractivity contribution in [2.24, 2.45) is 0 Å². The molecule has 0 amide bonds. The Morgan fingerprint density at radius 2 is 1.93 bits per heavy atom. The van der Waals surface area contributed by atoms with Crippen LogP contribution in [0.1, 0.15) is 43.1 Å². The maximum Gasteiger partial charge on any atom is 0.214 e. The minimum Gasteiger partial charge on any atom is -0.383 e. The van der Waals surface area contributed by atoms with Gasteiger partial charge in [0.1, 0.15) is 32.0 Å². The second kappa shape index (κ2) is 9.07. The fourth-order valence-electron chi connectivity index (χ4n) is 4.93. The molecule has 1 aliphatic heterocycles. The molecule has 7 nitrogen and oxygen atoms in total. The number of nitrogens with zero attached hydrogens (tertiary/aromatic N) is 4. The van der Waals surface area contributed by atoms with Gasteiger partial charge in [0, 0.05) is 7.11 Å². The fourth-order valence-corrected chi connectivity index (χ4v) is 4.93. The van der Waals surface area contributed by atoms with Gasteiger partial charge in [0.15, 0.2) is 6.04 Å². The lowest BCUT2D eigenvalue weighted by molar-refractivity contribution is -1.03. The summed E-state index contributed by atoms with van der Waals surface area (Å²) in [4.78, 5) is 3.08. The molecule has 4 rings (SSSR count). The van der Waals surface area contributed by atoms with Crippen LogP contribution in [0.15, 0.2) is 24.3 Å². The van der Waals surface area contributed by atoms with Crippen molar-refractivity contribution in [3.8, 4) is 0 Å². The Hall–Kier alpha value is -1.90. The molecular weight excluding hydrogens is 359 g/mol. The molecule has 1 aromatic heterocycles. The average molecular weight is 391 g/mol. The van der Waals surface area contributed by atoms with Gasteiger partial charge in [-0.25, -0.2) is 9.07 Å². The van der Waals surface area contributed by atoms with Gasteiger partial charge < -0.3 is 14.5 Å². The Labute approximate surface area is 165 Å². The number of aromatic nitrogens is 4. The number of piperazine rings is 1. The van der Waals surface area contributed by atoms with E-state index in [0.29, 0.717) is 18.7 Å². The minimum absolute atomic E-state index is 0.188. The Bertz CT molecular complexity index is 755. The second-order valence-corrected chi connectivity index (χ2v) is 8.01. The average Bonchev–Trinajstić information content (AvgIpc) is 3.41. The number of hydrogen-bond acceptors (Lipinski definition) is 4. The number of methoxy groups -OCH3 is 1. The van der Waals surface area contributed by atoms with E-state index < -0.39 is 0 Å². The van der Waals surface area contributed by atoms with Crippen molar-refractivity contribution in [3.63, 3.8) is 0 Å². The van der Waals surface area contributed by atoms with Crippen LogP contribution in [0.25, 0.3) is 0 Å². The van der Waals surface area contributed by atoms with Crippen LogP contribution in [-0.4, -0.2) is 66.1 Å². The topological polar surface area (TPSA) is 61.7 Å².